The normalized spacial score (nSPS) is 11.7. The highest BCUT2D eigenvalue weighted by Crippen LogP contribution is 2.17. The van der Waals surface area contributed by atoms with Crippen LogP contribution >= 0.6 is 0 Å². The molecule has 0 aliphatic rings. The van der Waals surface area contributed by atoms with Crippen molar-refractivity contribution < 1.29 is 4.79 Å². The number of carbonyl (C=O) groups excluding carboxylic acids is 1. The molecule has 2 rings (SSSR count). The summed E-state index contributed by atoms with van der Waals surface area (Å²) in [7, 11) is 0. The number of aryl methyl sites for hydroxylation is 1. The molecule has 0 aliphatic carbocycles. The first-order valence-electron chi connectivity index (χ1n) is 7.78. The Hall–Kier alpha value is -2.68. The van der Waals surface area contributed by atoms with E-state index in [-0.39, 0.29) is 11.8 Å². The first kappa shape index (κ1) is 16.7. The molecule has 1 atom stereocenters. The molecule has 0 aromatic carbocycles. The zero-order valence-corrected chi connectivity index (χ0v) is 13.7. The first-order chi connectivity index (χ1) is 11.0. The van der Waals surface area contributed by atoms with Crippen LogP contribution in [0.15, 0.2) is 24.5 Å². The van der Waals surface area contributed by atoms with Crippen molar-refractivity contribution in [2.45, 2.75) is 40.0 Å². The molecule has 120 valence electrons. The van der Waals surface area contributed by atoms with E-state index in [0.717, 1.165) is 24.8 Å². The lowest BCUT2D eigenvalue weighted by Gasteiger charge is -2.10. The zero-order valence-electron chi connectivity index (χ0n) is 13.7. The lowest BCUT2D eigenvalue weighted by Crippen LogP contribution is -2.21. The molecule has 23 heavy (non-hydrogen) atoms. The monoisotopic (exact) mass is 311 g/mol. The molecular formula is C17H21N5O. The molecule has 0 saturated carbocycles. The molecule has 0 aliphatic heterocycles. The number of anilines is 1. The van der Waals surface area contributed by atoms with Crippen molar-refractivity contribution in [2.24, 2.45) is 5.92 Å². The van der Waals surface area contributed by atoms with Gasteiger partial charge in [-0.2, -0.15) is 5.26 Å². The lowest BCUT2D eigenvalue weighted by atomic mass is 10.0. The molecular weight excluding hydrogens is 290 g/mol. The predicted molar refractivity (Wildman–Crippen MR) is 88.1 cm³/mol. The lowest BCUT2D eigenvalue weighted by molar-refractivity contribution is -0.119. The fraction of sp³-hybridized carbons (Fsp3) is 0.412. The summed E-state index contributed by atoms with van der Waals surface area (Å²) in [5.74, 6) is 1.10. The van der Waals surface area contributed by atoms with Crippen LogP contribution in [0.1, 0.15) is 44.2 Å². The van der Waals surface area contributed by atoms with Gasteiger partial charge in [-0.3, -0.25) is 4.79 Å². The van der Waals surface area contributed by atoms with E-state index in [9.17, 15) is 4.79 Å². The Labute approximate surface area is 136 Å². The fourth-order valence-corrected chi connectivity index (χ4v) is 2.17. The van der Waals surface area contributed by atoms with E-state index in [4.69, 9.17) is 5.26 Å². The summed E-state index contributed by atoms with van der Waals surface area (Å²) in [6, 6.07) is 5.44. The van der Waals surface area contributed by atoms with Crippen molar-refractivity contribution in [1.82, 2.24) is 14.8 Å². The minimum Gasteiger partial charge on any atom is -0.309 e. The molecule has 0 spiro atoms. The number of unbranched alkanes of at least 4 members (excludes halogenated alkanes) is 1. The Morgan fingerprint density at radius 3 is 2.87 bits per heavy atom. The Kier molecular flexibility index (Phi) is 5.47. The van der Waals surface area contributed by atoms with Crippen LogP contribution < -0.4 is 5.32 Å². The molecule has 2 aromatic heterocycles. The third kappa shape index (κ3) is 4.16. The third-order valence-corrected chi connectivity index (χ3v) is 3.69. The van der Waals surface area contributed by atoms with E-state index in [1.807, 2.05) is 19.9 Å². The number of hydrogen-bond donors (Lipinski definition) is 1. The average Bonchev–Trinajstić information content (AvgIpc) is 2.93. The molecule has 1 unspecified atom stereocenters. The van der Waals surface area contributed by atoms with Crippen molar-refractivity contribution in [2.75, 3.05) is 5.32 Å². The van der Waals surface area contributed by atoms with Gasteiger partial charge in [0.25, 0.3) is 0 Å². The number of rotatable bonds is 6. The number of amides is 1. The topological polar surface area (TPSA) is 83.6 Å². The van der Waals surface area contributed by atoms with Gasteiger partial charge in [0, 0.05) is 23.9 Å². The van der Waals surface area contributed by atoms with Crippen LogP contribution in [0.2, 0.25) is 0 Å². The summed E-state index contributed by atoms with van der Waals surface area (Å²) in [6.07, 6.45) is 6.30. The van der Waals surface area contributed by atoms with Crippen LogP contribution in [-0.2, 0) is 4.79 Å². The Morgan fingerprint density at radius 1 is 1.48 bits per heavy atom. The van der Waals surface area contributed by atoms with Gasteiger partial charge in [-0.15, -0.1) is 5.10 Å². The molecule has 6 heteroatoms. The minimum atomic E-state index is -0.0347. The number of nitrogens with one attached hydrogen (secondary N) is 1. The molecule has 6 nitrogen and oxygen atoms in total. The largest absolute Gasteiger partial charge is 0.309 e. The summed E-state index contributed by atoms with van der Waals surface area (Å²) in [5.41, 5.74) is 1.36. The number of pyridine rings is 1. The number of carbonyl (C=O) groups is 1. The second-order valence-corrected chi connectivity index (χ2v) is 5.65. The van der Waals surface area contributed by atoms with Crippen molar-refractivity contribution in [1.29, 1.82) is 5.26 Å². The van der Waals surface area contributed by atoms with Gasteiger partial charge in [0.15, 0.2) is 11.6 Å². The molecule has 0 bridgehead atoms. The van der Waals surface area contributed by atoms with Gasteiger partial charge in [0.1, 0.15) is 6.07 Å². The molecule has 0 saturated heterocycles. The highest BCUT2D eigenvalue weighted by molar-refractivity contribution is 5.92. The summed E-state index contributed by atoms with van der Waals surface area (Å²) in [4.78, 5) is 16.4. The van der Waals surface area contributed by atoms with Crippen LogP contribution in [0.25, 0.3) is 5.82 Å². The van der Waals surface area contributed by atoms with Crippen molar-refractivity contribution in [3.63, 3.8) is 0 Å². The maximum absolute atomic E-state index is 12.2. The second-order valence-electron chi connectivity index (χ2n) is 5.65. The third-order valence-electron chi connectivity index (χ3n) is 3.69. The second kappa shape index (κ2) is 7.54. The van der Waals surface area contributed by atoms with Crippen LogP contribution in [0, 0.1) is 24.2 Å². The van der Waals surface area contributed by atoms with E-state index < -0.39 is 0 Å². The summed E-state index contributed by atoms with van der Waals surface area (Å²) < 4.78 is 1.60. The van der Waals surface area contributed by atoms with E-state index in [0.29, 0.717) is 17.2 Å². The number of nitriles is 1. The maximum Gasteiger partial charge on any atom is 0.228 e. The van der Waals surface area contributed by atoms with Gasteiger partial charge < -0.3 is 5.32 Å². The molecule has 0 fully saturated rings. The van der Waals surface area contributed by atoms with Crippen molar-refractivity contribution in [3.05, 3.63) is 35.7 Å². The van der Waals surface area contributed by atoms with Crippen LogP contribution in [0.4, 0.5) is 5.82 Å². The molecule has 0 radical (unpaired) electrons. The minimum absolute atomic E-state index is 0.0143. The quantitative estimate of drug-likeness (QED) is 0.887. The Balaban J connectivity index is 2.11. The first-order valence-corrected chi connectivity index (χ1v) is 7.78. The smallest absolute Gasteiger partial charge is 0.228 e. The van der Waals surface area contributed by atoms with Gasteiger partial charge in [0.05, 0.1) is 5.56 Å². The van der Waals surface area contributed by atoms with Crippen molar-refractivity contribution in [3.8, 4) is 11.9 Å². The van der Waals surface area contributed by atoms with E-state index >= 15 is 0 Å². The summed E-state index contributed by atoms with van der Waals surface area (Å²) in [5, 5.41) is 16.1. The standard InChI is InChI=1S/C17H21N5O/c1-4-5-6-12(2)17(23)20-16-13(3)11-22(21-16)15-8-7-14(9-18)10-19-15/h7-8,10-12H,4-6H2,1-3H3,(H,20,21,23). The van der Waals surface area contributed by atoms with Gasteiger partial charge in [-0.25, -0.2) is 9.67 Å². The summed E-state index contributed by atoms with van der Waals surface area (Å²) in [6.45, 7) is 5.93. The van der Waals surface area contributed by atoms with Gasteiger partial charge in [0.2, 0.25) is 5.91 Å². The number of aromatic nitrogens is 3. The molecule has 2 aromatic rings. The van der Waals surface area contributed by atoms with E-state index in [1.165, 1.54) is 6.20 Å². The van der Waals surface area contributed by atoms with Crippen LogP contribution in [0.3, 0.4) is 0 Å². The van der Waals surface area contributed by atoms with E-state index in [2.05, 4.69) is 22.3 Å². The van der Waals surface area contributed by atoms with Crippen molar-refractivity contribution >= 4 is 11.7 Å². The van der Waals surface area contributed by atoms with E-state index in [1.54, 1.807) is 23.0 Å². The Bertz CT molecular complexity index is 712. The predicted octanol–water partition coefficient (Wildman–Crippen LogP) is 3.21. The zero-order chi connectivity index (χ0) is 16.8. The van der Waals surface area contributed by atoms with Crippen LogP contribution in [0.5, 0.6) is 0 Å². The highest BCUT2D eigenvalue weighted by Gasteiger charge is 2.16. The molecule has 1 amide bonds. The highest BCUT2D eigenvalue weighted by atomic mass is 16.1. The van der Waals surface area contributed by atoms with Gasteiger partial charge in [-0.05, 0) is 25.5 Å². The molecule has 1 N–H and O–H groups in total. The SMILES string of the molecule is CCCCC(C)C(=O)Nc1nn(-c2ccc(C#N)cn2)cc1C. The van der Waals surface area contributed by atoms with Crippen LogP contribution in [-0.4, -0.2) is 20.7 Å². The fourth-order valence-electron chi connectivity index (χ4n) is 2.17. The van der Waals surface area contributed by atoms with Gasteiger partial charge in [-0.1, -0.05) is 26.7 Å². The molecule has 2 heterocycles. The van der Waals surface area contributed by atoms with Gasteiger partial charge >= 0.3 is 0 Å². The number of nitrogens with zero attached hydrogens (tertiary/aromatic N) is 4. The average molecular weight is 311 g/mol. The summed E-state index contributed by atoms with van der Waals surface area (Å²) >= 11 is 0. The maximum atomic E-state index is 12.2. The number of hydrogen-bond acceptors (Lipinski definition) is 4. The Morgan fingerprint density at radius 2 is 2.26 bits per heavy atom.